The molecule has 1 amide bonds. The number of ether oxygens (including phenoxy) is 1. The highest BCUT2D eigenvalue weighted by Gasteiger charge is 2.29. The first-order valence-corrected chi connectivity index (χ1v) is 7.75. The Morgan fingerprint density at radius 1 is 1.42 bits per heavy atom. The number of hydrogen-bond acceptors (Lipinski definition) is 5. The van der Waals surface area contributed by atoms with Gasteiger partial charge in [-0.15, -0.1) is 0 Å². The molecule has 2 rings (SSSR count). The van der Waals surface area contributed by atoms with E-state index in [1.54, 1.807) is 11.0 Å². The zero-order valence-electron chi connectivity index (χ0n) is 14.3. The lowest BCUT2D eigenvalue weighted by Gasteiger charge is -2.34. The van der Waals surface area contributed by atoms with Gasteiger partial charge in [0.2, 0.25) is 0 Å². The van der Waals surface area contributed by atoms with E-state index in [-0.39, 0.29) is 23.6 Å². The summed E-state index contributed by atoms with van der Waals surface area (Å²) in [5.41, 5.74) is 0.783. The molecule has 1 N–H and O–H groups in total. The zero-order valence-corrected chi connectivity index (χ0v) is 14.3. The largest absolute Gasteiger partial charge is 0.502 e. The molecule has 7 heteroatoms. The van der Waals surface area contributed by atoms with Crippen LogP contribution in [0.15, 0.2) is 24.3 Å². The first-order chi connectivity index (χ1) is 11.1. The number of hydrogen-bond donors (Lipinski definition) is 1. The molecule has 1 heterocycles. The summed E-state index contributed by atoms with van der Waals surface area (Å²) in [6.45, 7) is 7.77. The minimum atomic E-state index is -0.624. The highest BCUT2D eigenvalue weighted by atomic mass is 16.6. The van der Waals surface area contributed by atoms with Crippen molar-refractivity contribution < 1.29 is 19.6 Å². The number of carbonyl (C=O) groups excluding carboxylic acids is 1. The first kappa shape index (κ1) is 17.8. The number of nitro groups is 1. The second-order valence-electron chi connectivity index (χ2n) is 6.88. The minimum Gasteiger partial charge on any atom is -0.502 e. The molecule has 0 saturated carbocycles. The van der Waals surface area contributed by atoms with E-state index in [0.717, 1.165) is 5.57 Å². The number of aromatic hydroxyl groups is 1. The highest BCUT2D eigenvalue weighted by Crippen LogP contribution is 2.33. The summed E-state index contributed by atoms with van der Waals surface area (Å²) in [6, 6.07) is 4.22. The summed E-state index contributed by atoms with van der Waals surface area (Å²) < 4.78 is 5.39. The van der Waals surface area contributed by atoms with E-state index in [4.69, 9.17) is 4.74 Å². The van der Waals surface area contributed by atoms with Crippen LogP contribution in [0.1, 0.15) is 39.7 Å². The number of rotatable bonds is 2. The van der Waals surface area contributed by atoms with Crippen molar-refractivity contribution >= 4 is 17.4 Å². The van der Waals surface area contributed by atoms with Gasteiger partial charge < -0.3 is 14.7 Å². The summed E-state index contributed by atoms with van der Waals surface area (Å²) in [6.07, 6.45) is 2.10. The van der Waals surface area contributed by atoms with Crippen molar-refractivity contribution in [3.63, 3.8) is 0 Å². The van der Waals surface area contributed by atoms with Crippen LogP contribution in [-0.2, 0) is 4.74 Å². The monoisotopic (exact) mass is 334 g/mol. The van der Waals surface area contributed by atoms with E-state index in [1.165, 1.54) is 12.1 Å². The van der Waals surface area contributed by atoms with Crippen molar-refractivity contribution in [2.75, 3.05) is 6.54 Å². The number of benzene rings is 1. The van der Waals surface area contributed by atoms with Crippen LogP contribution in [0.25, 0.3) is 5.57 Å². The predicted octanol–water partition coefficient (Wildman–Crippen LogP) is 3.71. The van der Waals surface area contributed by atoms with Gasteiger partial charge in [0.05, 0.1) is 4.92 Å². The second kappa shape index (κ2) is 6.51. The van der Waals surface area contributed by atoms with Gasteiger partial charge in [0.1, 0.15) is 5.60 Å². The summed E-state index contributed by atoms with van der Waals surface area (Å²) >= 11 is 0. The third-order valence-corrected chi connectivity index (χ3v) is 3.75. The third kappa shape index (κ3) is 4.04. The Bertz CT molecular complexity index is 691. The lowest BCUT2D eigenvalue weighted by atomic mass is 9.94. The van der Waals surface area contributed by atoms with Crippen molar-refractivity contribution in [2.24, 2.45) is 0 Å². The zero-order chi connectivity index (χ0) is 18.1. The number of carbonyl (C=O) groups is 1. The molecule has 0 radical (unpaired) electrons. The molecule has 0 spiro atoms. The van der Waals surface area contributed by atoms with Gasteiger partial charge in [0.25, 0.3) is 0 Å². The molecule has 0 unspecified atom stereocenters. The van der Waals surface area contributed by atoms with Gasteiger partial charge in [0.15, 0.2) is 5.75 Å². The van der Waals surface area contributed by atoms with E-state index >= 15 is 0 Å². The maximum atomic E-state index is 12.2. The second-order valence-corrected chi connectivity index (χ2v) is 6.88. The van der Waals surface area contributed by atoms with Gasteiger partial charge in [-0.25, -0.2) is 4.79 Å². The minimum absolute atomic E-state index is 0.0721. The van der Waals surface area contributed by atoms with Crippen molar-refractivity contribution in [3.8, 4) is 5.75 Å². The van der Waals surface area contributed by atoms with Gasteiger partial charge in [0, 0.05) is 18.7 Å². The Kier molecular flexibility index (Phi) is 4.82. The maximum absolute atomic E-state index is 12.2. The highest BCUT2D eigenvalue weighted by molar-refractivity contribution is 5.74. The summed E-state index contributed by atoms with van der Waals surface area (Å²) in [5, 5.41) is 20.5. The van der Waals surface area contributed by atoms with Crippen LogP contribution < -0.4 is 0 Å². The number of phenols is 1. The van der Waals surface area contributed by atoms with E-state index in [2.05, 4.69) is 0 Å². The Hall–Kier alpha value is -2.57. The van der Waals surface area contributed by atoms with Gasteiger partial charge in [-0.05, 0) is 57.4 Å². The fraction of sp³-hybridized carbons (Fsp3) is 0.471. The van der Waals surface area contributed by atoms with Gasteiger partial charge in [-0.1, -0.05) is 6.08 Å². The fourth-order valence-corrected chi connectivity index (χ4v) is 2.59. The molecular formula is C17H22N2O5. The standard InChI is InChI=1S/C17H22N2O5/c1-11-9-13(7-8-18(11)16(21)24-17(2,3)4)12-5-6-14(19(22)23)15(20)10-12/h5-7,10-11,20H,8-9H2,1-4H3/t11-/m1/s1. The molecule has 7 nitrogen and oxygen atoms in total. The molecule has 130 valence electrons. The van der Waals surface area contributed by atoms with Crippen molar-refractivity contribution in [1.29, 1.82) is 0 Å². The SMILES string of the molecule is C[C@@H]1CC(c2ccc([N+](=O)[O-])c(O)c2)=CCN1C(=O)OC(C)(C)C. The summed E-state index contributed by atoms with van der Waals surface area (Å²) in [4.78, 5) is 24.0. The summed E-state index contributed by atoms with van der Waals surface area (Å²) in [5.74, 6) is -0.361. The van der Waals surface area contributed by atoms with Crippen LogP contribution in [0.4, 0.5) is 10.5 Å². The van der Waals surface area contributed by atoms with Crippen LogP contribution in [0, 0.1) is 10.1 Å². The van der Waals surface area contributed by atoms with Crippen molar-refractivity contribution in [2.45, 2.75) is 45.8 Å². The molecule has 0 saturated heterocycles. The topological polar surface area (TPSA) is 92.9 Å². The van der Waals surface area contributed by atoms with E-state index in [0.29, 0.717) is 18.5 Å². The molecule has 0 bridgehead atoms. The lowest BCUT2D eigenvalue weighted by molar-refractivity contribution is -0.385. The third-order valence-electron chi connectivity index (χ3n) is 3.75. The molecule has 1 aromatic rings. The molecule has 1 aliphatic rings. The van der Waals surface area contributed by atoms with Crippen molar-refractivity contribution in [1.82, 2.24) is 4.90 Å². The smallest absolute Gasteiger partial charge is 0.410 e. The van der Waals surface area contributed by atoms with Crippen LogP contribution in [-0.4, -0.2) is 39.2 Å². The Balaban J connectivity index is 2.17. The Labute approximate surface area is 140 Å². The molecule has 24 heavy (non-hydrogen) atoms. The van der Waals surface area contributed by atoms with Crippen LogP contribution in [0.3, 0.4) is 0 Å². The van der Waals surface area contributed by atoms with E-state index in [1.807, 2.05) is 33.8 Å². The number of amides is 1. The molecule has 1 aromatic carbocycles. The molecule has 0 fully saturated rings. The van der Waals surface area contributed by atoms with Gasteiger partial charge in [-0.2, -0.15) is 0 Å². The number of nitrogens with zero attached hydrogens (tertiary/aromatic N) is 2. The predicted molar refractivity (Wildman–Crippen MR) is 89.8 cm³/mol. The Morgan fingerprint density at radius 2 is 2.08 bits per heavy atom. The molecular weight excluding hydrogens is 312 g/mol. The number of phenolic OH excluding ortho intramolecular Hbond substituents is 1. The molecule has 0 aromatic heterocycles. The maximum Gasteiger partial charge on any atom is 0.410 e. The van der Waals surface area contributed by atoms with E-state index in [9.17, 15) is 20.0 Å². The fourth-order valence-electron chi connectivity index (χ4n) is 2.59. The average molecular weight is 334 g/mol. The molecule has 1 atom stereocenters. The quantitative estimate of drug-likeness (QED) is 0.657. The van der Waals surface area contributed by atoms with Crippen LogP contribution >= 0.6 is 0 Å². The molecule has 1 aliphatic heterocycles. The van der Waals surface area contributed by atoms with Crippen molar-refractivity contribution in [3.05, 3.63) is 40.0 Å². The lowest BCUT2D eigenvalue weighted by Crippen LogP contribution is -2.44. The summed E-state index contributed by atoms with van der Waals surface area (Å²) in [7, 11) is 0. The molecule has 0 aliphatic carbocycles. The van der Waals surface area contributed by atoms with Gasteiger partial charge >= 0.3 is 11.8 Å². The Morgan fingerprint density at radius 3 is 2.58 bits per heavy atom. The van der Waals surface area contributed by atoms with Crippen LogP contribution in [0.5, 0.6) is 5.75 Å². The number of nitro benzene ring substituents is 1. The first-order valence-electron chi connectivity index (χ1n) is 7.75. The average Bonchev–Trinajstić information content (AvgIpc) is 2.44. The van der Waals surface area contributed by atoms with E-state index < -0.39 is 10.5 Å². The van der Waals surface area contributed by atoms with Crippen LogP contribution in [0.2, 0.25) is 0 Å². The normalized spacial score (nSPS) is 18.1. The van der Waals surface area contributed by atoms with Gasteiger partial charge in [-0.3, -0.25) is 10.1 Å².